The molecule has 2 aliphatic heterocycles. The molecule has 12 nitrogen and oxygen atoms in total. The van der Waals surface area contributed by atoms with E-state index in [0.29, 0.717) is 28.8 Å². The van der Waals surface area contributed by atoms with Gasteiger partial charge in [0.2, 0.25) is 5.60 Å². The van der Waals surface area contributed by atoms with Gasteiger partial charge in [-0.15, -0.1) is 34.4 Å². The number of carbonyl (C=O) groups is 3. The predicted molar refractivity (Wildman–Crippen MR) is 312 cm³/mol. The van der Waals surface area contributed by atoms with E-state index in [9.17, 15) is 9.59 Å². The molecular weight excluding hydrogens is 1050 g/mol. The molecule has 0 aliphatic carbocycles. The van der Waals surface area contributed by atoms with Crippen molar-refractivity contribution >= 4 is 68.6 Å². The lowest BCUT2D eigenvalue weighted by Crippen LogP contribution is -2.71. The molecule has 2 atom stereocenters. The number of hydrogen-bond donors (Lipinski definition) is 2. The van der Waals surface area contributed by atoms with Gasteiger partial charge in [-0.05, 0) is 51.4 Å². The first kappa shape index (κ1) is 52.5. The number of nitrogens with zero attached hydrogens (tertiary/aromatic N) is 3. The third-order valence-electron chi connectivity index (χ3n) is 14.0. The van der Waals surface area contributed by atoms with Gasteiger partial charge >= 0.3 is 5.97 Å². The lowest BCUT2D eigenvalue weighted by Gasteiger charge is -2.49. The molecule has 0 unspecified atom stereocenters. The van der Waals surface area contributed by atoms with Gasteiger partial charge < -0.3 is 29.7 Å². The summed E-state index contributed by atoms with van der Waals surface area (Å²) < 4.78 is 16.8. The monoisotopic (exact) mass is 1100 g/mol. The highest BCUT2D eigenvalue weighted by Gasteiger charge is 2.55. The molecule has 11 rings (SSSR count). The van der Waals surface area contributed by atoms with Crippen LogP contribution in [-0.2, 0) is 53.0 Å². The maximum absolute atomic E-state index is 15.5. The molecule has 0 bridgehead atoms. The number of aromatic nitrogens is 1. The van der Waals surface area contributed by atoms with Crippen LogP contribution in [0.15, 0.2) is 234 Å². The normalized spacial score (nSPS) is 15.4. The van der Waals surface area contributed by atoms with Crippen LogP contribution in [0, 0.1) is 0 Å². The number of thiazole rings is 1. The molecule has 4 heterocycles. The third kappa shape index (κ3) is 10.4. The molecule has 2 aromatic heterocycles. The highest BCUT2D eigenvalue weighted by Crippen LogP contribution is 2.46. The van der Waals surface area contributed by atoms with E-state index in [2.05, 4.69) is 47.0 Å². The fourth-order valence-electron chi connectivity index (χ4n) is 10.2. The van der Waals surface area contributed by atoms with E-state index in [1.807, 2.05) is 169 Å². The van der Waals surface area contributed by atoms with Gasteiger partial charge in [0.25, 0.3) is 11.8 Å². The minimum Gasteiger partial charge on any atom is -0.497 e. The minimum absolute atomic E-state index is 0.0436. The Labute approximate surface area is 470 Å². The lowest BCUT2D eigenvalue weighted by atomic mass is 9.77. The Morgan fingerprint density at radius 3 is 1.68 bits per heavy atom. The quantitative estimate of drug-likeness (QED) is 0.0249. The molecule has 0 saturated carbocycles. The average Bonchev–Trinajstić information content (AvgIpc) is 4.36. The number of esters is 1. The first-order valence-corrected chi connectivity index (χ1v) is 28.3. The van der Waals surface area contributed by atoms with Crippen molar-refractivity contribution in [2.45, 2.75) is 35.8 Å². The van der Waals surface area contributed by atoms with Gasteiger partial charge in [0.15, 0.2) is 10.8 Å². The van der Waals surface area contributed by atoms with Crippen LogP contribution in [0.2, 0.25) is 0 Å². The number of carbonyl (C=O) groups excluding carboxylic acids is 3. The number of hydrogen-bond acceptors (Lipinski definition) is 13. The predicted octanol–water partition coefficient (Wildman–Crippen LogP) is 12.0. The van der Waals surface area contributed by atoms with Crippen LogP contribution < -0.4 is 15.4 Å². The summed E-state index contributed by atoms with van der Waals surface area (Å²) in [6, 6.07) is 67.8. The second-order valence-electron chi connectivity index (χ2n) is 18.6. The van der Waals surface area contributed by atoms with Gasteiger partial charge in [-0.3, -0.25) is 14.5 Å². The Kier molecular flexibility index (Phi) is 15.6. The van der Waals surface area contributed by atoms with Gasteiger partial charge in [0.05, 0.1) is 13.7 Å². The Morgan fingerprint density at radius 1 is 0.658 bits per heavy atom. The zero-order chi connectivity index (χ0) is 54.2. The summed E-state index contributed by atoms with van der Waals surface area (Å²) in [6.45, 7) is 0.271. The molecule has 9 aromatic rings. The molecule has 1 fully saturated rings. The highest BCUT2D eigenvalue weighted by molar-refractivity contribution is 8.00. The number of amides is 2. The van der Waals surface area contributed by atoms with E-state index in [1.54, 1.807) is 31.7 Å². The lowest BCUT2D eigenvalue weighted by molar-refractivity contribution is -0.152. The Bertz CT molecular complexity index is 3430. The highest BCUT2D eigenvalue weighted by atomic mass is 32.2. The SMILES string of the molecule is COCc1sccc1C1=C(C(=O)OCc2ccc(OC)cc2)N2C(=O)[C@@H](NC(=O)C(=NOC(c3ccccc3)(c3ccccc3)c3ccccc3)c3csc(NC(c4ccccc4)(c4ccccc4)c4ccccc4)n3)[C@@H]2SC1. The number of thiophene rings is 1. The van der Waals surface area contributed by atoms with E-state index in [1.165, 1.54) is 39.3 Å². The summed E-state index contributed by atoms with van der Waals surface area (Å²) in [7, 11) is 3.20. The molecule has 394 valence electrons. The van der Waals surface area contributed by atoms with Gasteiger partial charge in [-0.1, -0.05) is 199 Å². The van der Waals surface area contributed by atoms with Crippen molar-refractivity contribution < 1.29 is 33.4 Å². The molecule has 2 N–H and O–H groups in total. The van der Waals surface area contributed by atoms with E-state index < -0.39 is 40.3 Å². The maximum atomic E-state index is 15.5. The molecular formula is C64H53N5O7S3. The van der Waals surface area contributed by atoms with Gasteiger partial charge in [-0.2, -0.15) is 0 Å². The number of rotatable bonds is 20. The van der Waals surface area contributed by atoms with Crippen LogP contribution in [0.4, 0.5) is 5.13 Å². The zero-order valence-corrected chi connectivity index (χ0v) is 45.5. The Balaban J connectivity index is 0.990. The molecule has 0 radical (unpaired) electrons. The summed E-state index contributed by atoms with van der Waals surface area (Å²) in [5.74, 6) is -0.863. The fraction of sp³-hybridized carbons (Fsp3) is 0.141. The third-order valence-corrected chi connectivity index (χ3v) is 16.9. The van der Waals surface area contributed by atoms with Crippen molar-refractivity contribution in [3.63, 3.8) is 0 Å². The van der Waals surface area contributed by atoms with Crippen molar-refractivity contribution in [3.8, 4) is 5.75 Å². The number of thioether (sulfide) groups is 1. The van der Waals surface area contributed by atoms with Crippen molar-refractivity contribution in [1.82, 2.24) is 15.2 Å². The summed E-state index contributed by atoms with van der Waals surface area (Å²) in [5, 5.41) is 15.3. The van der Waals surface area contributed by atoms with E-state index in [-0.39, 0.29) is 23.7 Å². The molecule has 15 heteroatoms. The second kappa shape index (κ2) is 23.6. The minimum atomic E-state index is -1.37. The topological polar surface area (TPSA) is 141 Å². The molecule has 2 aliphatic rings. The molecule has 0 spiro atoms. The number of fused-ring (bicyclic) bond motifs is 1. The van der Waals surface area contributed by atoms with Crippen LogP contribution in [0.3, 0.4) is 0 Å². The number of anilines is 1. The largest absolute Gasteiger partial charge is 0.497 e. The number of benzene rings is 7. The first-order valence-electron chi connectivity index (χ1n) is 25.5. The number of ether oxygens (including phenoxy) is 3. The summed E-state index contributed by atoms with van der Waals surface area (Å²) >= 11 is 4.25. The second-order valence-corrected chi connectivity index (χ2v) is 21.6. The molecule has 2 amide bonds. The zero-order valence-electron chi connectivity index (χ0n) is 43.1. The van der Waals surface area contributed by atoms with Crippen molar-refractivity contribution in [3.05, 3.63) is 284 Å². The summed E-state index contributed by atoms with van der Waals surface area (Å²) in [6.07, 6.45) is 0. The first-order chi connectivity index (χ1) is 38.8. The van der Waals surface area contributed by atoms with Crippen LogP contribution in [-0.4, -0.2) is 64.8 Å². The Hall–Kier alpha value is -8.60. The van der Waals surface area contributed by atoms with Gasteiger partial charge in [0, 0.05) is 45.4 Å². The van der Waals surface area contributed by atoms with Crippen LogP contribution in [0.5, 0.6) is 5.75 Å². The van der Waals surface area contributed by atoms with Crippen molar-refractivity contribution in [2.24, 2.45) is 5.16 Å². The number of oxime groups is 1. The standard InChI is InChI=1S/C64H53N5O7S3/c1-73-40-54-51(37-38-77-54)52-41-78-60-56(59(71)69(60)57(52)61(72)75-39-43-33-35-50(74-2)36-34-43)66-58(70)55(68-76-64(47-27-15-6-16-28-47,48-29-17-7-18-30-48)49-31-19-8-20-32-49)53-42-79-62(65-53)67-63(44-21-9-3-10-22-44,45-23-11-4-12-24-45)46-25-13-5-14-26-46/h3-38,42,56,60H,39-41H2,1-2H3,(H,65,67)(H,66,70)/t56-,60+/m1/s1. The summed E-state index contributed by atoms with van der Waals surface area (Å²) in [5.41, 5.74) is 5.17. The number of nitrogens with one attached hydrogen (secondary N) is 2. The van der Waals surface area contributed by atoms with E-state index in [4.69, 9.17) is 29.2 Å². The maximum Gasteiger partial charge on any atom is 0.355 e. The smallest absolute Gasteiger partial charge is 0.355 e. The number of methoxy groups -OCH3 is 2. The average molecular weight is 1100 g/mol. The Morgan fingerprint density at radius 2 is 1.18 bits per heavy atom. The van der Waals surface area contributed by atoms with Crippen LogP contribution in [0.1, 0.15) is 55.1 Å². The molecule has 7 aromatic carbocycles. The van der Waals surface area contributed by atoms with Crippen molar-refractivity contribution in [2.75, 3.05) is 25.3 Å². The van der Waals surface area contributed by atoms with Gasteiger partial charge in [-0.25, -0.2) is 9.78 Å². The van der Waals surface area contributed by atoms with Crippen molar-refractivity contribution in [1.29, 1.82) is 0 Å². The molecule has 1 saturated heterocycles. The fourth-order valence-corrected chi connectivity index (χ4v) is 13.2. The van der Waals surface area contributed by atoms with Crippen LogP contribution >= 0.6 is 34.4 Å². The number of β-lactam (4-membered cyclic amide) rings is 1. The van der Waals surface area contributed by atoms with E-state index in [0.717, 1.165) is 49.4 Å². The van der Waals surface area contributed by atoms with Crippen LogP contribution in [0.25, 0.3) is 5.57 Å². The molecule has 79 heavy (non-hydrogen) atoms. The summed E-state index contributed by atoms with van der Waals surface area (Å²) in [4.78, 5) is 59.3. The van der Waals surface area contributed by atoms with E-state index >= 15 is 4.79 Å². The van der Waals surface area contributed by atoms with Gasteiger partial charge in [0.1, 0.15) is 40.7 Å².